The van der Waals surface area contributed by atoms with Gasteiger partial charge in [-0.2, -0.15) is 0 Å². The maximum Gasteiger partial charge on any atom is 0.138 e. The lowest BCUT2D eigenvalue weighted by molar-refractivity contribution is 0.100. The van der Waals surface area contributed by atoms with Crippen LogP contribution in [0.5, 0.6) is 0 Å². The zero-order valence-electron chi connectivity index (χ0n) is 11.9. The number of hydrogen-bond acceptors (Lipinski definition) is 4. The van der Waals surface area contributed by atoms with Crippen LogP contribution in [0.4, 0.5) is 5.69 Å². The zero-order valence-corrected chi connectivity index (χ0v) is 11.9. The van der Waals surface area contributed by atoms with Crippen LogP contribution in [0, 0.1) is 5.92 Å². The number of ether oxygens (including phenoxy) is 1. The quantitative estimate of drug-likeness (QED) is 0.841. The van der Waals surface area contributed by atoms with Crippen molar-refractivity contribution in [2.75, 3.05) is 12.3 Å². The third kappa shape index (κ3) is 2.27. The highest BCUT2D eigenvalue weighted by Gasteiger charge is 2.26. The van der Waals surface area contributed by atoms with Crippen molar-refractivity contribution in [2.45, 2.75) is 39.0 Å². The maximum absolute atomic E-state index is 9.97. The summed E-state index contributed by atoms with van der Waals surface area (Å²) in [4.78, 5) is 4.53. The van der Waals surface area contributed by atoms with Crippen LogP contribution in [-0.2, 0) is 11.3 Å². The van der Waals surface area contributed by atoms with Gasteiger partial charge in [0.05, 0.1) is 17.1 Å². The van der Waals surface area contributed by atoms with E-state index in [-0.39, 0.29) is 6.10 Å². The molecule has 0 amide bonds. The molecule has 5 nitrogen and oxygen atoms in total. The van der Waals surface area contributed by atoms with Crippen LogP contribution in [0.15, 0.2) is 18.2 Å². The normalized spacial score (nSPS) is 24.4. The number of nitrogen functional groups attached to an aromatic ring is 1. The van der Waals surface area contributed by atoms with E-state index in [9.17, 15) is 5.11 Å². The van der Waals surface area contributed by atoms with Crippen LogP contribution < -0.4 is 5.73 Å². The number of nitrogens with two attached hydrogens (primary N) is 1. The Morgan fingerprint density at radius 1 is 1.55 bits per heavy atom. The molecule has 0 aliphatic carbocycles. The van der Waals surface area contributed by atoms with Crippen molar-refractivity contribution in [3.8, 4) is 0 Å². The van der Waals surface area contributed by atoms with Gasteiger partial charge >= 0.3 is 0 Å². The van der Waals surface area contributed by atoms with E-state index in [1.165, 1.54) is 0 Å². The average molecular weight is 275 g/mol. The summed E-state index contributed by atoms with van der Waals surface area (Å²) in [6.07, 6.45) is 0.707. The standard InChI is InChI=1S/C15H21N3O2/c1-9(19)15-17-13-7-12(16)3-4-14(13)18(15)8-11-5-6-20-10(11)2/h3-4,7,9-11,19H,5-6,8,16H2,1-2H3. The first-order chi connectivity index (χ1) is 9.56. The van der Waals surface area contributed by atoms with Crippen LogP contribution in [0.1, 0.15) is 32.2 Å². The second-order valence-electron chi connectivity index (χ2n) is 5.63. The molecule has 3 atom stereocenters. The number of nitrogens with zero attached hydrogens (tertiary/aromatic N) is 2. The molecule has 1 saturated heterocycles. The molecule has 1 fully saturated rings. The molecule has 3 rings (SSSR count). The van der Waals surface area contributed by atoms with E-state index in [0.29, 0.717) is 17.4 Å². The van der Waals surface area contributed by atoms with Crippen LogP contribution in [0.25, 0.3) is 11.0 Å². The van der Waals surface area contributed by atoms with Gasteiger partial charge in [0.25, 0.3) is 0 Å². The molecule has 0 bridgehead atoms. The number of aliphatic hydroxyl groups is 1. The Bertz CT molecular complexity index is 621. The molecule has 0 radical (unpaired) electrons. The summed E-state index contributed by atoms with van der Waals surface area (Å²) in [5.74, 6) is 1.16. The summed E-state index contributed by atoms with van der Waals surface area (Å²) < 4.78 is 7.74. The van der Waals surface area contributed by atoms with E-state index in [4.69, 9.17) is 10.5 Å². The van der Waals surface area contributed by atoms with Crippen molar-refractivity contribution in [1.29, 1.82) is 0 Å². The Morgan fingerprint density at radius 2 is 2.35 bits per heavy atom. The lowest BCUT2D eigenvalue weighted by atomic mass is 10.0. The molecule has 1 aromatic heterocycles. The number of anilines is 1. The average Bonchev–Trinajstić information content (AvgIpc) is 2.95. The highest BCUT2D eigenvalue weighted by molar-refractivity contribution is 5.79. The Balaban J connectivity index is 2.04. The first-order valence-corrected chi connectivity index (χ1v) is 7.11. The summed E-state index contributed by atoms with van der Waals surface area (Å²) in [6, 6.07) is 5.71. The number of aliphatic hydroxyl groups excluding tert-OH is 1. The van der Waals surface area contributed by atoms with E-state index in [2.05, 4.69) is 16.5 Å². The predicted octanol–water partition coefficient (Wildman–Crippen LogP) is 2.10. The molecule has 2 heterocycles. The fraction of sp³-hybridized carbons (Fsp3) is 0.533. The number of benzene rings is 1. The number of hydrogen-bond donors (Lipinski definition) is 2. The minimum atomic E-state index is -0.596. The van der Waals surface area contributed by atoms with Gasteiger partial charge in [0.2, 0.25) is 0 Å². The summed E-state index contributed by atoms with van der Waals surface area (Å²) >= 11 is 0. The first kappa shape index (κ1) is 13.4. The molecule has 20 heavy (non-hydrogen) atoms. The molecule has 0 spiro atoms. The lowest BCUT2D eigenvalue weighted by Crippen LogP contribution is -2.20. The number of rotatable bonds is 3. The zero-order chi connectivity index (χ0) is 14.3. The molecule has 1 aliphatic heterocycles. The van der Waals surface area contributed by atoms with Crippen molar-refractivity contribution in [1.82, 2.24) is 9.55 Å². The van der Waals surface area contributed by atoms with Crippen LogP contribution >= 0.6 is 0 Å². The van der Waals surface area contributed by atoms with Crippen molar-refractivity contribution < 1.29 is 9.84 Å². The SMILES string of the molecule is CC(O)c1nc2cc(N)ccc2n1CC1CCOC1C. The Labute approximate surface area is 118 Å². The van der Waals surface area contributed by atoms with Crippen molar-refractivity contribution in [3.63, 3.8) is 0 Å². The molecule has 2 aromatic rings. The highest BCUT2D eigenvalue weighted by atomic mass is 16.5. The van der Waals surface area contributed by atoms with Gasteiger partial charge in [-0.3, -0.25) is 0 Å². The smallest absolute Gasteiger partial charge is 0.138 e. The predicted molar refractivity (Wildman–Crippen MR) is 78.3 cm³/mol. The molecule has 108 valence electrons. The summed E-state index contributed by atoms with van der Waals surface area (Å²) in [5, 5.41) is 9.97. The van der Waals surface area contributed by atoms with E-state index >= 15 is 0 Å². The summed E-state index contributed by atoms with van der Waals surface area (Å²) in [7, 11) is 0. The van der Waals surface area contributed by atoms with Crippen molar-refractivity contribution in [2.24, 2.45) is 5.92 Å². The largest absolute Gasteiger partial charge is 0.399 e. The Morgan fingerprint density at radius 3 is 3.00 bits per heavy atom. The fourth-order valence-electron chi connectivity index (χ4n) is 2.93. The number of fused-ring (bicyclic) bond motifs is 1. The van der Waals surface area contributed by atoms with Crippen LogP contribution in [0.3, 0.4) is 0 Å². The van der Waals surface area contributed by atoms with E-state index < -0.39 is 6.10 Å². The molecular formula is C15H21N3O2. The van der Waals surface area contributed by atoms with Gasteiger partial charge in [-0.15, -0.1) is 0 Å². The van der Waals surface area contributed by atoms with Crippen molar-refractivity contribution >= 4 is 16.7 Å². The Kier molecular flexibility index (Phi) is 3.40. The number of imidazole rings is 1. The summed E-state index contributed by atoms with van der Waals surface area (Å²) in [5.41, 5.74) is 8.37. The van der Waals surface area contributed by atoms with Crippen LogP contribution in [0.2, 0.25) is 0 Å². The van der Waals surface area contributed by atoms with Gasteiger partial charge in [-0.25, -0.2) is 4.98 Å². The third-order valence-electron chi connectivity index (χ3n) is 4.13. The van der Waals surface area contributed by atoms with Gasteiger partial charge in [-0.1, -0.05) is 0 Å². The van der Waals surface area contributed by atoms with E-state index in [1.54, 1.807) is 6.92 Å². The van der Waals surface area contributed by atoms with Gasteiger partial charge in [-0.05, 0) is 38.5 Å². The maximum atomic E-state index is 9.97. The third-order valence-corrected chi connectivity index (χ3v) is 4.13. The van der Waals surface area contributed by atoms with Gasteiger partial charge in [0.15, 0.2) is 0 Å². The minimum absolute atomic E-state index is 0.253. The molecule has 3 N–H and O–H groups in total. The highest BCUT2D eigenvalue weighted by Crippen LogP contribution is 2.28. The van der Waals surface area contributed by atoms with E-state index in [1.807, 2.05) is 18.2 Å². The van der Waals surface area contributed by atoms with E-state index in [0.717, 1.165) is 30.6 Å². The molecular weight excluding hydrogens is 254 g/mol. The summed E-state index contributed by atoms with van der Waals surface area (Å²) in [6.45, 7) is 5.49. The van der Waals surface area contributed by atoms with Gasteiger partial charge in [0, 0.05) is 24.8 Å². The molecule has 0 saturated carbocycles. The molecule has 5 heteroatoms. The topological polar surface area (TPSA) is 73.3 Å². The second kappa shape index (κ2) is 5.07. The molecule has 1 aliphatic rings. The first-order valence-electron chi connectivity index (χ1n) is 7.11. The minimum Gasteiger partial charge on any atom is -0.399 e. The second-order valence-corrected chi connectivity index (χ2v) is 5.63. The molecule has 1 aromatic carbocycles. The van der Waals surface area contributed by atoms with Crippen LogP contribution in [-0.4, -0.2) is 27.4 Å². The lowest BCUT2D eigenvalue weighted by Gasteiger charge is -2.18. The Hall–Kier alpha value is -1.59. The van der Waals surface area contributed by atoms with Gasteiger partial charge in [0.1, 0.15) is 11.9 Å². The monoisotopic (exact) mass is 275 g/mol. The fourth-order valence-corrected chi connectivity index (χ4v) is 2.93. The van der Waals surface area contributed by atoms with Gasteiger partial charge < -0.3 is 20.1 Å². The number of aromatic nitrogens is 2. The van der Waals surface area contributed by atoms with Crippen molar-refractivity contribution in [3.05, 3.63) is 24.0 Å². The molecule has 3 unspecified atom stereocenters.